The van der Waals surface area contributed by atoms with Crippen LogP contribution in [-0.4, -0.2) is 40.1 Å². The van der Waals surface area contributed by atoms with Gasteiger partial charge >= 0.3 is 0 Å². The average Bonchev–Trinajstić information content (AvgIpc) is 3.11. The van der Waals surface area contributed by atoms with Crippen molar-refractivity contribution in [3.63, 3.8) is 0 Å². The molecule has 0 spiro atoms. The smallest absolute Gasteiger partial charge is 0.230 e. The lowest BCUT2D eigenvalue weighted by atomic mass is 9.85. The van der Waals surface area contributed by atoms with Gasteiger partial charge in [0.1, 0.15) is 5.75 Å². The van der Waals surface area contributed by atoms with E-state index in [0.717, 1.165) is 28.7 Å². The van der Waals surface area contributed by atoms with Crippen LogP contribution >= 0.6 is 11.8 Å². The highest BCUT2D eigenvalue weighted by atomic mass is 32.2. The van der Waals surface area contributed by atoms with E-state index in [1.54, 1.807) is 7.11 Å². The fraction of sp³-hybridized carbons (Fsp3) is 0.550. The zero-order chi connectivity index (χ0) is 19.2. The summed E-state index contributed by atoms with van der Waals surface area (Å²) < 4.78 is 7.53. The number of thioether (sulfide) groups is 1. The first-order valence-electron chi connectivity index (χ1n) is 9.62. The van der Waals surface area contributed by atoms with Crippen molar-refractivity contribution < 1.29 is 9.53 Å². The third-order valence-corrected chi connectivity index (χ3v) is 6.06. The number of nitrogens with zero attached hydrogens (tertiary/aromatic N) is 3. The van der Waals surface area contributed by atoms with E-state index in [-0.39, 0.29) is 5.91 Å². The second-order valence-corrected chi connectivity index (χ2v) is 7.92. The minimum Gasteiger partial charge on any atom is -0.497 e. The van der Waals surface area contributed by atoms with Gasteiger partial charge in [0, 0.05) is 18.2 Å². The van der Waals surface area contributed by atoms with Crippen LogP contribution in [0.2, 0.25) is 0 Å². The van der Waals surface area contributed by atoms with Gasteiger partial charge in [0.2, 0.25) is 5.91 Å². The van der Waals surface area contributed by atoms with Crippen molar-refractivity contribution in [2.45, 2.75) is 50.7 Å². The van der Waals surface area contributed by atoms with Gasteiger partial charge in [-0.1, -0.05) is 31.5 Å². The first-order chi connectivity index (χ1) is 13.1. The van der Waals surface area contributed by atoms with Crippen LogP contribution in [0.3, 0.4) is 0 Å². The molecule has 2 aromatic rings. The fourth-order valence-corrected chi connectivity index (χ4v) is 4.49. The number of hydrogen-bond acceptors (Lipinski definition) is 5. The van der Waals surface area contributed by atoms with Gasteiger partial charge in [0.25, 0.3) is 0 Å². The second kappa shape index (κ2) is 9.26. The van der Waals surface area contributed by atoms with Crippen LogP contribution in [0, 0.1) is 5.92 Å². The predicted molar refractivity (Wildman–Crippen MR) is 108 cm³/mol. The molecule has 3 rings (SSSR count). The molecule has 0 aliphatic heterocycles. The van der Waals surface area contributed by atoms with Gasteiger partial charge in [-0.3, -0.25) is 9.36 Å². The number of ether oxygens (including phenoxy) is 1. The Kier molecular flexibility index (Phi) is 6.77. The molecular formula is C20H28N4O2S. The van der Waals surface area contributed by atoms with E-state index in [0.29, 0.717) is 24.3 Å². The molecule has 1 aromatic heterocycles. The van der Waals surface area contributed by atoms with Gasteiger partial charge in [-0.15, -0.1) is 10.2 Å². The Hall–Kier alpha value is -2.02. The summed E-state index contributed by atoms with van der Waals surface area (Å²) in [6.07, 6.45) is 4.83. The van der Waals surface area contributed by atoms with Crippen molar-refractivity contribution in [2.75, 3.05) is 19.4 Å². The molecule has 7 heteroatoms. The van der Waals surface area contributed by atoms with Gasteiger partial charge in [0.05, 0.1) is 12.9 Å². The van der Waals surface area contributed by atoms with Crippen LogP contribution in [0.4, 0.5) is 0 Å². The van der Waals surface area contributed by atoms with Crippen molar-refractivity contribution in [2.24, 2.45) is 5.92 Å². The summed E-state index contributed by atoms with van der Waals surface area (Å²) in [4.78, 5) is 11.9. The van der Waals surface area contributed by atoms with Gasteiger partial charge in [-0.25, -0.2) is 0 Å². The van der Waals surface area contributed by atoms with Crippen LogP contribution < -0.4 is 10.1 Å². The van der Waals surface area contributed by atoms with Crippen LogP contribution in [0.15, 0.2) is 29.4 Å². The lowest BCUT2D eigenvalue weighted by molar-refractivity contribution is -0.118. The lowest BCUT2D eigenvalue weighted by Crippen LogP contribution is -2.25. The number of benzene rings is 1. The molecule has 0 radical (unpaired) electrons. The van der Waals surface area contributed by atoms with Crippen LogP contribution in [0.25, 0.3) is 11.4 Å². The molecule has 1 saturated carbocycles. The first kappa shape index (κ1) is 19.7. The van der Waals surface area contributed by atoms with Crippen molar-refractivity contribution >= 4 is 17.7 Å². The first-order valence-corrected chi connectivity index (χ1v) is 10.6. The summed E-state index contributed by atoms with van der Waals surface area (Å²) in [7, 11) is 1.66. The summed E-state index contributed by atoms with van der Waals surface area (Å²) in [6, 6.07) is 8.29. The van der Waals surface area contributed by atoms with E-state index < -0.39 is 0 Å². The maximum atomic E-state index is 11.9. The maximum Gasteiger partial charge on any atom is 0.230 e. The van der Waals surface area contributed by atoms with Crippen LogP contribution in [-0.2, 0) is 4.79 Å². The Morgan fingerprint density at radius 1 is 1.26 bits per heavy atom. The quantitative estimate of drug-likeness (QED) is 0.728. The molecule has 1 N–H and O–H groups in total. The van der Waals surface area contributed by atoms with Gasteiger partial charge in [0.15, 0.2) is 11.0 Å². The van der Waals surface area contributed by atoms with Crippen molar-refractivity contribution in [3.8, 4) is 17.1 Å². The number of amides is 1. The number of hydrogen-bond donors (Lipinski definition) is 1. The zero-order valence-electron chi connectivity index (χ0n) is 16.3. The van der Waals surface area contributed by atoms with E-state index in [1.807, 2.05) is 31.2 Å². The molecule has 2 atom stereocenters. The number of nitrogens with one attached hydrogen (secondary N) is 1. The summed E-state index contributed by atoms with van der Waals surface area (Å²) in [6.45, 7) is 4.87. The zero-order valence-corrected chi connectivity index (χ0v) is 17.1. The SMILES string of the molecule is CCNC(=O)CSc1nnc(-c2ccc(OC)cc2)n1[C@H]1CCCC[C@@H]1C. The van der Waals surface area contributed by atoms with Crippen LogP contribution in [0.5, 0.6) is 5.75 Å². The van der Waals surface area contributed by atoms with E-state index >= 15 is 0 Å². The van der Waals surface area contributed by atoms with E-state index in [9.17, 15) is 4.79 Å². The van der Waals surface area contributed by atoms with Crippen molar-refractivity contribution in [1.82, 2.24) is 20.1 Å². The van der Waals surface area contributed by atoms with Gasteiger partial charge < -0.3 is 10.1 Å². The van der Waals surface area contributed by atoms with E-state index in [4.69, 9.17) is 4.74 Å². The number of carbonyl (C=O) groups is 1. The molecule has 0 unspecified atom stereocenters. The summed E-state index contributed by atoms with van der Waals surface area (Å²) in [5.41, 5.74) is 1.02. The number of aromatic nitrogens is 3. The molecule has 146 valence electrons. The average molecular weight is 389 g/mol. The second-order valence-electron chi connectivity index (χ2n) is 6.98. The molecule has 0 saturated heterocycles. The Bertz CT molecular complexity index is 760. The molecule has 6 nitrogen and oxygen atoms in total. The predicted octanol–water partition coefficient (Wildman–Crippen LogP) is 3.93. The highest BCUT2D eigenvalue weighted by Gasteiger charge is 2.28. The standard InChI is InChI=1S/C20H28N4O2S/c1-4-21-18(25)13-27-20-23-22-19(15-9-11-16(26-3)12-10-15)24(20)17-8-6-5-7-14(17)2/h9-12,14,17H,4-8,13H2,1-3H3,(H,21,25)/t14-,17-/m0/s1. The fourth-order valence-electron chi connectivity index (χ4n) is 3.67. The minimum absolute atomic E-state index is 0.0275. The normalized spacial score (nSPS) is 19.7. The molecule has 1 heterocycles. The molecule has 27 heavy (non-hydrogen) atoms. The number of carbonyl (C=O) groups excluding carboxylic acids is 1. The largest absolute Gasteiger partial charge is 0.497 e. The minimum atomic E-state index is 0.0275. The molecule has 1 aliphatic rings. The highest BCUT2D eigenvalue weighted by Crippen LogP contribution is 2.39. The van der Waals surface area contributed by atoms with Gasteiger partial charge in [-0.05, 0) is 49.9 Å². The topological polar surface area (TPSA) is 69.0 Å². The Morgan fingerprint density at radius 3 is 2.67 bits per heavy atom. The van der Waals surface area contributed by atoms with E-state index in [2.05, 4.69) is 27.0 Å². The van der Waals surface area contributed by atoms with Crippen molar-refractivity contribution in [3.05, 3.63) is 24.3 Å². The van der Waals surface area contributed by atoms with Gasteiger partial charge in [-0.2, -0.15) is 0 Å². The molecular weight excluding hydrogens is 360 g/mol. The van der Waals surface area contributed by atoms with E-state index in [1.165, 1.54) is 31.0 Å². The van der Waals surface area contributed by atoms with Crippen molar-refractivity contribution in [1.29, 1.82) is 0 Å². The molecule has 1 aromatic carbocycles. The third-order valence-electron chi connectivity index (χ3n) is 5.12. The lowest BCUT2D eigenvalue weighted by Gasteiger charge is -2.31. The maximum absolute atomic E-state index is 11.9. The Balaban J connectivity index is 1.93. The molecule has 1 fully saturated rings. The third kappa shape index (κ3) is 4.64. The summed E-state index contributed by atoms with van der Waals surface area (Å²) in [5, 5.41) is 12.6. The molecule has 1 amide bonds. The summed E-state index contributed by atoms with van der Waals surface area (Å²) >= 11 is 1.47. The number of rotatable bonds is 7. The number of methoxy groups -OCH3 is 1. The monoisotopic (exact) mass is 388 g/mol. The Morgan fingerprint density at radius 2 is 2.00 bits per heavy atom. The highest BCUT2D eigenvalue weighted by molar-refractivity contribution is 7.99. The molecule has 0 bridgehead atoms. The molecule has 1 aliphatic carbocycles. The Labute approximate surface area is 165 Å². The van der Waals surface area contributed by atoms with Crippen LogP contribution in [0.1, 0.15) is 45.6 Å². The summed E-state index contributed by atoms with van der Waals surface area (Å²) in [5.74, 6) is 2.64.